The zero-order chi connectivity index (χ0) is 18.7. The summed E-state index contributed by atoms with van der Waals surface area (Å²) in [6.45, 7) is 0. The zero-order valence-electron chi connectivity index (χ0n) is 14.8. The molecular formula is C25H14BrNS. The van der Waals surface area contributed by atoms with E-state index in [1.807, 2.05) is 11.3 Å². The van der Waals surface area contributed by atoms with Crippen LogP contribution in [-0.2, 0) is 0 Å². The van der Waals surface area contributed by atoms with Gasteiger partial charge in [0.15, 0.2) is 0 Å². The van der Waals surface area contributed by atoms with Crippen molar-refractivity contribution < 1.29 is 0 Å². The Bertz CT molecular complexity index is 1530. The van der Waals surface area contributed by atoms with Gasteiger partial charge in [-0.2, -0.15) is 0 Å². The maximum atomic E-state index is 5.07. The molecule has 0 aliphatic heterocycles. The second kappa shape index (κ2) is 6.13. The molecule has 2 aromatic heterocycles. The molecule has 28 heavy (non-hydrogen) atoms. The van der Waals surface area contributed by atoms with Gasteiger partial charge in [0, 0.05) is 46.4 Å². The van der Waals surface area contributed by atoms with Crippen LogP contribution < -0.4 is 0 Å². The van der Waals surface area contributed by atoms with Crippen molar-refractivity contribution >= 4 is 69.1 Å². The molecule has 6 aromatic rings. The van der Waals surface area contributed by atoms with E-state index in [1.165, 1.54) is 36.3 Å². The molecule has 0 aliphatic carbocycles. The Kier molecular flexibility index (Phi) is 3.55. The maximum absolute atomic E-state index is 5.07. The fraction of sp³-hybridized carbons (Fsp3) is 0. The van der Waals surface area contributed by atoms with Crippen LogP contribution in [0.5, 0.6) is 0 Å². The molecule has 0 saturated carbocycles. The summed E-state index contributed by atoms with van der Waals surface area (Å²) >= 11 is 5.47. The third-order valence-electron chi connectivity index (χ3n) is 5.30. The van der Waals surface area contributed by atoms with Crippen molar-refractivity contribution in [2.75, 3.05) is 0 Å². The smallest absolute Gasteiger partial charge is 0.0788 e. The maximum Gasteiger partial charge on any atom is 0.0788 e. The minimum absolute atomic E-state index is 1.03. The van der Waals surface area contributed by atoms with Gasteiger partial charge in [-0.3, -0.25) is 0 Å². The second-order valence-electron chi connectivity index (χ2n) is 6.95. The molecule has 0 aliphatic rings. The van der Waals surface area contributed by atoms with Gasteiger partial charge in [-0.1, -0.05) is 70.5 Å². The largest absolute Gasteiger partial charge is 0.247 e. The van der Waals surface area contributed by atoms with Crippen LogP contribution in [0.4, 0.5) is 0 Å². The van der Waals surface area contributed by atoms with Gasteiger partial charge in [0.2, 0.25) is 0 Å². The van der Waals surface area contributed by atoms with Crippen molar-refractivity contribution in [1.29, 1.82) is 0 Å². The van der Waals surface area contributed by atoms with Gasteiger partial charge in [0.1, 0.15) is 0 Å². The molecule has 4 aromatic carbocycles. The fourth-order valence-electron chi connectivity index (χ4n) is 4.11. The Hall–Kier alpha value is -2.75. The van der Waals surface area contributed by atoms with E-state index in [-0.39, 0.29) is 0 Å². The van der Waals surface area contributed by atoms with Crippen LogP contribution in [0.3, 0.4) is 0 Å². The molecular weight excluding hydrogens is 426 g/mol. The monoisotopic (exact) mass is 439 g/mol. The van der Waals surface area contributed by atoms with E-state index in [9.17, 15) is 0 Å². The van der Waals surface area contributed by atoms with Crippen molar-refractivity contribution in [3.8, 4) is 11.3 Å². The van der Waals surface area contributed by atoms with E-state index in [1.54, 1.807) is 0 Å². The van der Waals surface area contributed by atoms with Gasteiger partial charge < -0.3 is 0 Å². The molecule has 0 saturated heterocycles. The minimum Gasteiger partial charge on any atom is -0.247 e. The summed E-state index contributed by atoms with van der Waals surface area (Å²) < 4.78 is 3.72. The van der Waals surface area contributed by atoms with Gasteiger partial charge in [-0.15, -0.1) is 11.3 Å². The van der Waals surface area contributed by atoms with Crippen LogP contribution >= 0.6 is 27.3 Å². The summed E-state index contributed by atoms with van der Waals surface area (Å²) in [4.78, 5) is 5.07. The first-order valence-electron chi connectivity index (χ1n) is 9.18. The lowest BCUT2D eigenvalue weighted by molar-refractivity contribution is 1.43. The van der Waals surface area contributed by atoms with Crippen molar-refractivity contribution in [3.63, 3.8) is 0 Å². The van der Waals surface area contributed by atoms with Gasteiger partial charge in [0.05, 0.1) is 11.2 Å². The van der Waals surface area contributed by atoms with E-state index in [4.69, 9.17) is 4.98 Å². The Morgan fingerprint density at radius 1 is 0.643 bits per heavy atom. The predicted molar refractivity (Wildman–Crippen MR) is 125 cm³/mol. The van der Waals surface area contributed by atoms with Crippen molar-refractivity contribution in [1.82, 2.24) is 4.98 Å². The lowest BCUT2D eigenvalue weighted by Crippen LogP contribution is -1.90. The van der Waals surface area contributed by atoms with E-state index in [0.717, 1.165) is 21.2 Å². The lowest BCUT2D eigenvalue weighted by atomic mass is 9.96. The molecule has 1 nitrogen and oxygen atoms in total. The van der Waals surface area contributed by atoms with Gasteiger partial charge in [-0.05, 0) is 30.3 Å². The highest BCUT2D eigenvalue weighted by Crippen LogP contribution is 2.43. The summed E-state index contributed by atoms with van der Waals surface area (Å²) in [7, 11) is 0. The van der Waals surface area contributed by atoms with Crippen molar-refractivity contribution in [2.24, 2.45) is 0 Å². The number of halogens is 1. The number of fused-ring (bicyclic) bond motifs is 7. The number of hydrogen-bond donors (Lipinski definition) is 0. The number of benzene rings is 4. The zero-order valence-corrected chi connectivity index (χ0v) is 17.2. The van der Waals surface area contributed by atoms with Crippen LogP contribution in [0.15, 0.2) is 89.4 Å². The molecule has 2 heterocycles. The van der Waals surface area contributed by atoms with Gasteiger partial charge in [-0.25, -0.2) is 4.98 Å². The van der Waals surface area contributed by atoms with Crippen LogP contribution in [-0.4, -0.2) is 4.98 Å². The first kappa shape index (κ1) is 16.2. The number of nitrogens with zero attached hydrogens (tertiary/aromatic N) is 1. The van der Waals surface area contributed by atoms with Crippen LogP contribution in [0.1, 0.15) is 0 Å². The van der Waals surface area contributed by atoms with E-state index >= 15 is 0 Å². The summed E-state index contributed by atoms with van der Waals surface area (Å²) in [5, 5.41) is 6.38. The predicted octanol–water partition coefficient (Wildman–Crippen LogP) is 8.19. The molecule has 0 N–H and O–H groups in total. The first-order chi connectivity index (χ1) is 13.8. The quantitative estimate of drug-likeness (QED) is 0.235. The topological polar surface area (TPSA) is 12.9 Å². The van der Waals surface area contributed by atoms with Crippen LogP contribution in [0, 0.1) is 0 Å². The van der Waals surface area contributed by atoms with Gasteiger partial charge >= 0.3 is 0 Å². The molecule has 0 atom stereocenters. The minimum atomic E-state index is 1.03. The highest BCUT2D eigenvalue weighted by molar-refractivity contribution is 9.10. The van der Waals surface area contributed by atoms with Crippen molar-refractivity contribution in [2.45, 2.75) is 0 Å². The lowest BCUT2D eigenvalue weighted by Gasteiger charge is -2.12. The summed E-state index contributed by atoms with van der Waals surface area (Å²) in [6, 6.07) is 30.1. The second-order valence-corrected chi connectivity index (χ2v) is 8.95. The van der Waals surface area contributed by atoms with Crippen LogP contribution in [0.25, 0.3) is 53.1 Å². The van der Waals surface area contributed by atoms with Crippen LogP contribution in [0.2, 0.25) is 0 Å². The molecule has 6 rings (SSSR count). The Morgan fingerprint density at radius 3 is 2.36 bits per heavy atom. The average Bonchev–Trinajstić information content (AvgIpc) is 3.12. The van der Waals surface area contributed by atoms with E-state index in [2.05, 4.69) is 101 Å². The molecule has 0 radical (unpaired) electrons. The summed E-state index contributed by atoms with van der Waals surface area (Å²) in [6.07, 6.45) is 0. The third kappa shape index (κ3) is 2.33. The normalized spacial score (nSPS) is 11.8. The van der Waals surface area contributed by atoms with Gasteiger partial charge in [0.25, 0.3) is 0 Å². The highest BCUT2D eigenvalue weighted by atomic mass is 79.9. The molecule has 0 bridgehead atoms. The summed E-state index contributed by atoms with van der Waals surface area (Å²) in [5.41, 5.74) is 3.20. The third-order valence-corrected chi connectivity index (χ3v) is 6.93. The molecule has 0 spiro atoms. The number of para-hydroxylation sites is 1. The number of aromatic nitrogens is 1. The number of thiophene rings is 1. The Labute approximate surface area is 174 Å². The average molecular weight is 440 g/mol. The molecule has 3 heteroatoms. The first-order valence-corrected chi connectivity index (χ1v) is 10.8. The Morgan fingerprint density at radius 2 is 1.46 bits per heavy atom. The van der Waals surface area contributed by atoms with E-state index in [0.29, 0.717) is 0 Å². The summed E-state index contributed by atoms with van der Waals surface area (Å²) in [5.74, 6) is 0. The number of hydrogen-bond acceptors (Lipinski definition) is 2. The number of pyridine rings is 1. The molecule has 132 valence electrons. The standard InChI is InChI=1S/C25H14BrNS/c26-16-7-5-6-15(14-16)25-19-12-13-22-24(18-9-2-4-11-21(18)28-22)23(19)17-8-1-3-10-20(17)27-25/h1-14H. The SMILES string of the molecule is Brc1cccc(-c2nc3ccccc3c3c2ccc2sc4ccccc4c23)c1. The molecule has 0 unspecified atom stereocenters. The van der Waals surface area contributed by atoms with E-state index < -0.39 is 0 Å². The van der Waals surface area contributed by atoms with Crippen molar-refractivity contribution in [3.05, 3.63) is 89.4 Å². The fourth-order valence-corrected chi connectivity index (χ4v) is 5.63. The Balaban J connectivity index is 1.90. The number of rotatable bonds is 1. The highest BCUT2D eigenvalue weighted by Gasteiger charge is 2.16. The molecule has 0 amide bonds. The molecule has 0 fully saturated rings.